The second kappa shape index (κ2) is 9.89. The van der Waals surface area contributed by atoms with Crippen molar-refractivity contribution in [3.8, 4) is 0 Å². The molecule has 0 aliphatic rings. The molecule has 0 unspecified atom stereocenters. The summed E-state index contributed by atoms with van der Waals surface area (Å²) in [5.41, 5.74) is 6.62. The van der Waals surface area contributed by atoms with Gasteiger partial charge in [-0.25, -0.2) is 9.67 Å². The van der Waals surface area contributed by atoms with Gasteiger partial charge in [0.15, 0.2) is 5.65 Å². The second-order valence-corrected chi connectivity index (χ2v) is 6.71. The highest BCUT2D eigenvalue weighted by Crippen LogP contribution is 2.28. The van der Waals surface area contributed by atoms with E-state index in [1.807, 2.05) is 4.68 Å². The molecular formula is C19H30N6O2. The molecule has 2 rings (SSSR count). The first-order chi connectivity index (χ1) is 13.0. The average Bonchev–Trinajstić information content (AvgIpc) is 3.04. The SMILES string of the molecule is CCCC(CCC)Nc1c(C(=O)NNC(C)=O)cnc2c1cnn2CCC. The van der Waals surface area contributed by atoms with E-state index in [2.05, 4.69) is 47.0 Å². The maximum atomic E-state index is 12.6. The number of amides is 2. The van der Waals surface area contributed by atoms with Gasteiger partial charge in [0.05, 0.1) is 22.8 Å². The van der Waals surface area contributed by atoms with Crippen molar-refractivity contribution in [2.75, 3.05) is 5.32 Å². The third-order valence-corrected chi connectivity index (χ3v) is 4.32. The van der Waals surface area contributed by atoms with Gasteiger partial charge in [-0.2, -0.15) is 5.10 Å². The van der Waals surface area contributed by atoms with Crippen molar-refractivity contribution in [3.05, 3.63) is 18.0 Å². The van der Waals surface area contributed by atoms with Gasteiger partial charge in [0, 0.05) is 25.7 Å². The van der Waals surface area contributed by atoms with Crippen LogP contribution in [0.3, 0.4) is 0 Å². The van der Waals surface area contributed by atoms with Crippen LogP contribution in [-0.2, 0) is 11.3 Å². The molecule has 0 bridgehead atoms. The number of anilines is 1. The van der Waals surface area contributed by atoms with Crippen LogP contribution in [0.4, 0.5) is 5.69 Å². The largest absolute Gasteiger partial charge is 0.381 e. The number of nitrogens with zero attached hydrogens (tertiary/aromatic N) is 3. The van der Waals surface area contributed by atoms with Crippen molar-refractivity contribution in [1.29, 1.82) is 0 Å². The Bertz CT molecular complexity index is 780. The number of aromatic nitrogens is 3. The Morgan fingerprint density at radius 3 is 2.37 bits per heavy atom. The molecule has 0 radical (unpaired) electrons. The summed E-state index contributed by atoms with van der Waals surface area (Å²) in [6.45, 7) is 8.49. The minimum absolute atomic E-state index is 0.257. The lowest BCUT2D eigenvalue weighted by Gasteiger charge is -2.21. The van der Waals surface area contributed by atoms with E-state index in [-0.39, 0.29) is 11.9 Å². The van der Waals surface area contributed by atoms with Crippen LogP contribution in [0.5, 0.6) is 0 Å². The molecule has 3 N–H and O–H groups in total. The number of hydrogen-bond donors (Lipinski definition) is 3. The molecule has 0 saturated heterocycles. The number of carbonyl (C=O) groups is 2. The highest BCUT2D eigenvalue weighted by atomic mass is 16.2. The maximum Gasteiger partial charge on any atom is 0.273 e. The minimum Gasteiger partial charge on any atom is -0.381 e. The summed E-state index contributed by atoms with van der Waals surface area (Å²) in [7, 11) is 0. The fourth-order valence-corrected chi connectivity index (χ4v) is 3.13. The van der Waals surface area contributed by atoms with Crippen molar-refractivity contribution in [2.45, 2.75) is 72.4 Å². The van der Waals surface area contributed by atoms with Gasteiger partial charge in [-0.05, 0) is 19.3 Å². The van der Waals surface area contributed by atoms with Crippen molar-refractivity contribution >= 4 is 28.5 Å². The lowest BCUT2D eigenvalue weighted by atomic mass is 10.0. The molecule has 2 aromatic heterocycles. The Morgan fingerprint density at radius 1 is 1.07 bits per heavy atom. The lowest BCUT2D eigenvalue weighted by Crippen LogP contribution is -2.40. The fraction of sp³-hybridized carbons (Fsp3) is 0.579. The summed E-state index contributed by atoms with van der Waals surface area (Å²) < 4.78 is 1.85. The van der Waals surface area contributed by atoms with Crippen LogP contribution in [0.15, 0.2) is 12.4 Å². The van der Waals surface area contributed by atoms with Crippen LogP contribution in [0.25, 0.3) is 11.0 Å². The van der Waals surface area contributed by atoms with E-state index in [1.165, 1.54) is 6.92 Å². The van der Waals surface area contributed by atoms with E-state index in [1.54, 1.807) is 12.4 Å². The van der Waals surface area contributed by atoms with Gasteiger partial charge >= 0.3 is 0 Å². The van der Waals surface area contributed by atoms with Gasteiger partial charge < -0.3 is 5.32 Å². The molecule has 0 atom stereocenters. The molecule has 0 saturated carbocycles. The number of hydrogen-bond acceptors (Lipinski definition) is 5. The van der Waals surface area contributed by atoms with E-state index in [9.17, 15) is 9.59 Å². The first kappa shape index (κ1) is 20.7. The van der Waals surface area contributed by atoms with Gasteiger partial charge in [0.1, 0.15) is 0 Å². The monoisotopic (exact) mass is 374 g/mol. The Kier molecular flexibility index (Phi) is 7.57. The van der Waals surface area contributed by atoms with Gasteiger partial charge in [-0.15, -0.1) is 0 Å². The number of hydrazine groups is 1. The molecule has 0 aliphatic heterocycles. The molecule has 0 aromatic carbocycles. The highest BCUT2D eigenvalue weighted by Gasteiger charge is 2.20. The summed E-state index contributed by atoms with van der Waals surface area (Å²) in [4.78, 5) is 28.2. The summed E-state index contributed by atoms with van der Waals surface area (Å²) in [6, 6.07) is 0.257. The molecule has 8 nitrogen and oxygen atoms in total. The fourth-order valence-electron chi connectivity index (χ4n) is 3.13. The Morgan fingerprint density at radius 2 is 1.78 bits per heavy atom. The average molecular weight is 374 g/mol. The lowest BCUT2D eigenvalue weighted by molar-refractivity contribution is -0.119. The maximum absolute atomic E-state index is 12.6. The molecule has 2 aromatic rings. The molecule has 0 fully saturated rings. The van der Waals surface area contributed by atoms with E-state index >= 15 is 0 Å². The number of aryl methyl sites for hydroxylation is 1. The molecule has 0 spiro atoms. The summed E-state index contributed by atoms with van der Waals surface area (Å²) in [5.74, 6) is -0.741. The molecule has 27 heavy (non-hydrogen) atoms. The van der Waals surface area contributed by atoms with Gasteiger partial charge in [0.25, 0.3) is 5.91 Å². The third kappa shape index (κ3) is 5.18. The van der Waals surface area contributed by atoms with Crippen LogP contribution >= 0.6 is 0 Å². The number of fused-ring (bicyclic) bond motifs is 1. The van der Waals surface area contributed by atoms with Crippen LogP contribution < -0.4 is 16.2 Å². The Hall–Kier alpha value is -2.64. The summed E-state index contributed by atoms with van der Waals surface area (Å²) in [5, 5.41) is 8.80. The first-order valence-corrected chi connectivity index (χ1v) is 9.69. The van der Waals surface area contributed by atoms with Crippen LogP contribution in [-0.4, -0.2) is 32.6 Å². The highest BCUT2D eigenvalue weighted by molar-refractivity contribution is 6.06. The van der Waals surface area contributed by atoms with Crippen molar-refractivity contribution in [3.63, 3.8) is 0 Å². The van der Waals surface area contributed by atoms with Crippen LogP contribution in [0.2, 0.25) is 0 Å². The smallest absolute Gasteiger partial charge is 0.273 e. The third-order valence-electron chi connectivity index (χ3n) is 4.32. The predicted octanol–water partition coefficient (Wildman–Crippen LogP) is 3.00. The Balaban J connectivity index is 2.46. The van der Waals surface area contributed by atoms with E-state index < -0.39 is 5.91 Å². The van der Waals surface area contributed by atoms with Crippen molar-refractivity contribution in [1.82, 2.24) is 25.6 Å². The Labute approximate surface area is 160 Å². The van der Waals surface area contributed by atoms with E-state index in [4.69, 9.17) is 0 Å². The number of carbonyl (C=O) groups excluding carboxylic acids is 2. The summed E-state index contributed by atoms with van der Waals surface area (Å²) in [6.07, 6.45) is 8.36. The van der Waals surface area contributed by atoms with Crippen LogP contribution in [0.1, 0.15) is 70.2 Å². The zero-order valence-corrected chi connectivity index (χ0v) is 16.6. The number of pyridine rings is 1. The molecule has 0 aliphatic carbocycles. The predicted molar refractivity (Wildman–Crippen MR) is 106 cm³/mol. The van der Waals surface area contributed by atoms with E-state index in [0.29, 0.717) is 5.56 Å². The zero-order chi connectivity index (χ0) is 19.8. The normalized spacial score (nSPS) is 11.0. The van der Waals surface area contributed by atoms with Gasteiger partial charge in [-0.3, -0.25) is 20.4 Å². The zero-order valence-electron chi connectivity index (χ0n) is 16.6. The number of rotatable bonds is 9. The minimum atomic E-state index is -0.405. The first-order valence-electron chi connectivity index (χ1n) is 9.69. The molecule has 2 amide bonds. The molecule has 8 heteroatoms. The van der Waals surface area contributed by atoms with Crippen molar-refractivity contribution < 1.29 is 9.59 Å². The second-order valence-electron chi connectivity index (χ2n) is 6.71. The quantitative estimate of drug-likeness (QED) is 0.586. The van der Waals surface area contributed by atoms with Crippen molar-refractivity contribution in [2.24, 2.45) is 0 Å². The molecule has 2 heterocycles. The molecular weight excluding hydrogens is 344 g/mol. The van der Waals surface area contributed by atoms with Gasteiger partial charge in [0.2, 0.25) is 5.91 Å². The number of nitrogens with one attached hydrogen (secondary N) is 3. The standard InChI is InChI=1S/C19H30N6O2/c1-5-8-14(9-6-2)22-17-15-12-21-25(10-7-3)18(15)20-11-16(17)19(27)24-23-13(4)26/h11-12,14H,5-10H2,1-4H3,(H,20,22)(H,23,26)(H,24,27). The van der Waals surface area contributed by atoms with Gasteiger partial charge in [-0.1, -0.05) is 33.6 Å². The molecule has 148 valence electrons. The summed E-state index contributed by atoms with van der Waals surface area (Å²) >= 11 is 0. The topological polar surface area (TPSA) is 101 Å². The van der Waals surface area contributed by atoms with Crippen LogP contribution in [0, 0.1) is 0 Å². The van der Waals surface area contributed by atoms with E-state index in [0.717, 1.165) is 55.4 Å².